The van der Waals surface area contributed by atoms with Crippen LogP contribution in [0.5, 0.6) is 0 Å². The van der Waals surface area contributed by atoms with Gasteiger partial charge >= 0.3 is 0 Å². The minimum absolute atomic E-state index is 0.0102. The molecule has 82 valence electrons. The second kappa shape index (κ2) is 5.75. The van der Waals surface area contributed by atoms with Crippen LogP contribution >= 0.6 is 34.4 Å². The van der Waals surface area contributed by atoms with Crippen molar-refractivity contribution in [1.82, 2.24) is 0 Å². The number of anilines is 1. The van der Waals surface area contributed by atoms with Crippen LogP contribution in [0, 0.1) is 10.5 Å². The fourth-order valence-corrected chi connectivity index (χ4v) is 1.81. The summed E-state index contributed by atoms with van der Waals surface area (Å²) in [6.45, 7) is 3.96. The number of carbonyl (C=O) groups excluding carboxylic acids is 1. The van der Waals surface area contributed by atoms with E-state index in [1.807, 2.05) is 31.4 Å². The molecule has 0 spiro atoms. The highest BCUT2D eigenvalue weighted by Crippen LogP contribution is 2.18. The van der Waals surface area contributed by atoms with Gasteiger partial charge in [-0.25, -0.2) is 0 Å². The smallest absolute Gasteiger partial charge is 0.237 e. The maximum Gasteiger partial charge on any atom is 0.237 e. The van der Waals surface area contributed by atoms with Crippen molar-refractivity contribution in [2.45, 2.75) is 19.1 Å². The van der Waals surface area contributed by atoms with Gasteiger partial charge < -0.3 is 5.32 Å². The first kappa shape index (κ1) is 12.8. The van der Waals surface area contributed by atoms with Crippen LogP contribution < -0.4 is 5.32 Å². The number of carbonyl (C=O) groups is 1. The van der Waals surface area contributed by atoms with E-state index in [1.54, 1.807) is 11.8 Å². The lowest BCUT2D eigenvalue weighted by Crippen LogP contribution is -2.22. The highest BCUT2D eigenvalue weighted by Gasteiger charge is 2.11. The molecule has 0 unspecified atom stereocenters. The average molecular weight is 335 g/mol. The largest absolute Gasteiger partial charge is 0.325 e. The topological polar surface area (TPSA) is 29.1 Å². The fraction of sp³-hybridized carbons (Fsp3) is 0.364. The lowest BCUT2D eigenvalue weighted by Gasteiger charge is -2.10. The summed E-state index contributed by atoms with van der Waals surface area (Å²) in [7, 11) is 0. The molecule has 15 heavy (non-hydrogen) atoms. The van der Waals surface area contributed by atoms with Crippen LogP contribution in [-0.4, -0.2) is 17.4 Å². The Morgan fingerprint density at radius 3 is 2.73 bits per heavy atom. The molecule has 1 N–H and O–H groups in total. The predicted molar refractivity (Wildman–Crippen MR) is 75.5 cm³/mol. The summed E-state index contributed by atoms with van der Waals surface area (Å²) in [5, 5.41) is 2.89. The first-order valence-electron chi connectivity index (χ1n) is 4.64. The summed E-state index contributed by atoms with van der Waals surface area (Å²) in [6.07, 6.45) is 1.93. The number of hydrogen-bond donors (Lipinski definition) is 1. The first-order chi connectivity index (χ1) is 7.04. The van der Waals surface area contributed by atoms with Gasteiger partial charge in [0.1, 0.15) is 0 Å². The highest BCUT2D eigenvalue weighted by molar-refractivity contribution is 14.1. The summed E-state index contributed by atoms with van der Waals surface area (Å²) in [5.41, 5.74) is 2.10. The Kier molecular flexibility index (Phi) is 4.92. The number of hydrogen-bond acceptors (Lipinski definition) is 2. The van der Waals surface area contributed by atoms with E-state index in [0.29, 0.717) is 0 Å². The van der Waals surface area contributed by atoms with Crippen molar-refractivity contribution in [3.05, 3.63) is 27.3 Å². The van der Waals surface area contributed by atoms with E-state index >= 15 is 0 Å². The van der Waals surface area contributed by atoms with Crippen LogP contribution in [0.25, 0.3) is 0 Å². The zero-order valence-electron chi connectivity index (χ0n) is 9.00. The van der Waals surface area contributed by atoms with Gasteiger partial charge in [-0.05, 0) is 60.4 Å². The SMILES string of the molecule is CS[C@H](C)C(=O)Nc1ccc(C)c(I)c1. The van der Waals surface area contributed by atoms with Gasteiger partial charge in [0.2, 0.25) is 5.91 Å². The monoisotopic (exact) mass is 335 g/mol. The van der Waals surface area contributed by atoms with Gasteiger partial charge in [0.15, 0.2) is 0 Å². The van der Waals surface area contributed by atoms with E-state index in [9.17, 15) is 4.79 Å². The van der Waals surface area contributed by atoms with E-state index < -0.39 is 0 Å². The standard InChI is InChI=1S/C11H14INOS/c1-7-4-5-9(6-10(7)12)13-11(14)8(2)15-3/h4-6,8H,1-3H3,(H,13,14)/t8-/m1/s1. The zero-order valence-corrected chi connectivity index (χ0v) is 12.0. The number of rotatable bonds is 3. The quantitative estimate of drug-likeness (QED) is 0.859. The molecule has 0 aliphatic rings. The third-order valence-electron chi connectivity index (χ3n) is 2.16. The Bertz CT molecular complexity index is 368. The van der Waals surface area contributed by atoms with Crippen LogP contribution in [-0.2, 0) is 4.79 Å². The summed E-state index contributed by atoms with van der Waals surface area (Å²) >= 11 is 3.81. The Morgan fingerprint density at radius 1 is 1.53 bits per heavy atom. The second-order valence-corrected chi connectivity index (χ2v) is 5.67. The maximum atomic E-state index is 11.6. The maximum absolute atomic E-state index is 11.6. The van der Waals surface area contributed by atoms with Crippen molar-refractivity contribution in [2.24, 2.45) is 0 Å². The Labute approximate surface area is 108 Å². The summed E-state index contributed by atoms with van der Waals surface area (Å²) in [5.74, 6) is 0.0575. The van der Waals surface area contributed by atoms with Crippen LogP contribution in [0.1, 0.15) is 12.5 Å². The van der Waals surface area contributed by atoms with Crippen molar-refractivity contribution < 1.29 is 4.79 Å². The van der Waals surface area contributed by atoms with Crippen molar-refractivity contribution in [3.8, 4) is 0 Å². The Morgan fingerprint density at radius 2 is 2.20 bits per heavy atom. The van der Waals surface area contributed by atoms with Gasteiger partial charge in [-0.15, -0.1) is 0 Å². The molecule has 0 saturated heterocycles. The van der Waals surface area contributed by atoms with Gasteiger partial charge in [0.25, 0.3) is 0 Å². The van der Waals surface area contributed by atoms with E-state index in [2.05, 4.69) is 34.8 Å². The van der Waals surface area contributed by atoms with E-state index in [1.165, 1.54) is 9.13 Å². The molecule has 1 aromatic carbocycles. The van der Waals surface area contributed by atoms with Gasteiger partial charge in [0.05, 0.1) is 5.25 Å². The molecule has 1 aromatic rings. The van der Waals surface area contributed by atoms with Crippen molar-refractivity contribution in [1.29, 1.82) is 0 Å². The number of aryl methyl sites for hydroxylation is 1. The van der Waals surface area contributed by atoms with Crippen molar-refractivity contribution >= 4 is 45.9 Å². The number of nitrogens with one attached hydrogen (secondary N) is 1. The number of halogens is 1. The molecular weight excluding hydrogens is 321 g/mol. The molecule has 1 atom stereocenters. The molecule has 4 heteroatoms. The van der Waals surface area contributed by atoms with E-state index in [4.69, 9.17) is 0 Å². The number of amides is 1. The minimum Gasteiger partial charge on any atom is -0.325 e. The fourth-order valence-electron chi connectivity index (χ4n) is 1.02. The number of thioether (sulfide) groups is 1. The number of benzene rings is 1. The van der Waals surface area contributed by atoms with Crippen molar-refractivity contribution in [3.63, 3.8) is 0 Å². The molecule has 0 bridgehead atoms. The Balaban J connectivity index is 2.73. The third kappa shape index (κ3) is 3.68. The second-order valence-electron chi connectivity index (χ2n) is 3.33. The first-order valence-corrected chi connectivity index (χ1v) is 7.01. The van der Waals surface area contributed by atoms with Crippen LogP contribution in [0.4, 0.5) is 5.69 Å². The van der Waals surface area contributed by atoms with E-state index in [-0.39, 0.29) is 11.2 Å². The van der Waals surface area contributed by atoms with Crippen LogP contribution in [0.2, 0.25) is 0 Å². The molecule has 0 aromatic heterocycles. The van der Waals surface area contributed by atoms with Gasteiger partial charge in [0, 0.05) is 9.26 Å². The molecule has 1 rings (SSSR count). The normalized spacial score (nSPS) is 12.3. The molecule has 1 amide bonds. The molecule has 0 heterocycles. The van der Waals surface area contributed by atoms with Gasteiger partial charge in [-0.3, -0.25) is 4.79 Å². The Hall–Kier alpha value is -0.230. The van der Waals surface area contributed by atoms with Gasteiger partial charge in [-0.1, -0.05) is 6.07 Å². The minimum atomic E-state index is -0.0102. The molecule has 0 fully saturated rings. The average Bonchev–Trinajstić information content (AvgIpc) is 2.22. The van der Waals surface area contributed by atoms with Gasteiger partial charge in [-0.2, -0.15) is 11.8 Å². The zero-order chi connectivity index (χ0) is 11.4. The summed E-state index contributed by atoms with van der Waals surface area (Å²) in [4.78, 5) is 11.6. The molecule has 0 aliphatic heterocycles. The third-order valence-corrected chi connectivity index (χ3v) is 4.25. The van der Waals surface area contributed by atoms with Crippen LogP contribution in [0.3, 0.4) is 0 Å². The molecule has 0 aliphatic carbocycles. The molecule has 2 nitrogen and oxygen atoms in total. The summed E-state index contributed by atoms with van der Waals surface area (Å²) in [6, 6.07) is 5.93. The summed E-state index contributed by atoms with van der Waals surface area (Å²) < 4.78 is 1.17. The molecular formula is C11H14INOS. The molecule has 0 saturated carbocycles. The lowest BCUT2D eigenvalue weighted by molar-refractivity contribution is -0.115. The van der Waals surface area contributed by atoms with Crippen LogP contribution in [0.15, 0.2) is 18.2 Å². The lowest BCUT2D eigenvalue weighted by atomic mass is 10.2. The molecule has 0 radical (unpaired) electrons. The highest BCUT2D eigenvalue weighted by atomic mass is 127. The van der Waals surface area contributed by atoms with Crippen molar-refractivity contribution in [2.75, 3.05) is 11.6 Å². The predicted octanol–water partition coefficient (Wildman–Crippen LogP) is 3.29. The van der Waals surface area contributed by atoms with E-state index in [0.717, 1.165) is 5.69 Å².